The van der Waals surface area contributed by atoms with Crippen LogP contribution in [0, 0.1) is 0 Å². The maximum Gasteiger partial charge on any atom is 0.291 e. The minimum atomic E-state index is -0.642. The summed E-state index contributed by atoms with van der Waals surface area (Å²) in [6, 6.07) is 11.5. The second-order valence-corrected chi connectivity index (χ2v) is 6.79. The van der Waals surface area contributed by atoms with E-state index in [1.165, 1.54) is 12.1 Å². The lowest BCUT2D eigenvalue weighted by atomic mass is 9.88. The molecule has 142 valence electrons. The second-order valence-electron chi connectivity index (χ2n) is 6.79. The largest absolute Gasteiger partial charge is 0.508 e. The predicted octanol–water partition coefficient (Wildman–Crippen LogP) is 2.31. The van der Waals surface area contributed by atoms with Crippen LogP contribution in [0.2, 0.25) is 0 Å². The van der Waals surface area contributed by atoms with Crippen LogP contribution in [-0.4, -0.2) is 42.8 Å². The maximum atomic E-state index is 12.9. The first-order valence-corrected chi connectivity index (χ1v) is 9.15. The summed E-state index contributed by atoms with van der Waals surface area (Å²) in [6.45, 7) is 1.15. The van der Waals surface area contributed by atoms with Crippen LogP contribution in [0.5, 0.6) is 5.75 Å². The van der Waals surface area contributed by atoms with Crippen LogP contribution in [0.25, 0.3) is 0 Å². The van der Waals surface area contributed by atoms with E-state index in [2.05, 4.69) is 9.97 Å². The number of amides is 1. The number of phenolic OH excluding ortho intramolecular Hbond substituents is 1. The average molecular weight is 376 g/mol. The minimum Gasteiger partial charge on any atom is -0.508 e. The number of carbonyl (C=O) groups excluding carboxylic acids is 2. The molecule has 0 radical (unpaired) electrons. The van der Waals surface area contributed by atoms with E-state index >= 15 is 0 Å². The van der Waals surface area contributed by atoms with Gasteiger partial charge >= 0.3 is 0 Å². The fraction of sp³-hybridized carbons (Fsp3) is 0.238. The fourth-order valence-electron chi connectivity index (χ4n) is 3.70. The third-order valence-corrected chi connectivity index (χ3v) is 5.02. The van der Waals surface area contributed by atoms with E-state index in [9.17, 15) is 14.7 Å². The quantitative estimate of drug-likeness (QED) is 0.667. The van der Waals surface area contributed by atoms with Crippen molar-refractivity contribution in [2.75, 3.05) is 6.54 Å². The third-order valence-electron chi connectivity index (χ3n) is 5.02. The zero-order valence-corrected chi connectivity index (χ0v) is 15.2. The Balaban J connectivity index is 1.64. The first kappa shape index (κ1) is 17.9. The lowest BCUT2D eigenvalue weighted by Gasteiger charge is -2.27. The van der Waals surface area contributed by atoms with E-state index in [0.717, 1.165) is 0 Å². The van der Waals surface area contributed by atoms with Crippen molar-refractivity contribution in [3.8, 4) is 5.75 Å². The van der Waals surface area contributed by atoms with Gasteiger partial charge in [0.05, 0.1) is 24.0 Å². The minimum absolute atomic E-state index is 0.118. The Labute approximate surface area is 162 Å². The van der Waals surface area contributed by atoms with Crippen LogP contribution in [0.4, 0.5) is 0 Å². The van der Waals surface area contributed by atoms with E-state index in [1.54, 1.807) is 41.8 Å². The molecule has 2 unspecified atom stereocenters. The molecule has 1 fully saturated rings. The number of nitrogens with zero attached hydrogens (tertiary/aromatic N) is 4. The van der Waals surface area contributed by atoms with E-state index in [1.807, 2.05) is 22.9 Å². The van der Waals surface area contributed by atoms with Gasteiger partial charge in [-0.2, -0.15) is 0 Å². The zero-order valence-electron chi connectivity index (χ0n) is 15.2. The Kier molecular flexibility index (Phi) is 4.89. The van der Waals surface area contributed by atoms with Gasteiger partial charge in [-0.05, 0) is 36.2 Å². The number of aromatic nitrogens is 3. The van der Waals surface area contributed by atoms with Gasteiger partial charge in [0.25, 0.3) is 5.91 Å². The number of imidazole rings is 1. The Bertz CT molecular complexity index is 955. The topological polar surface area (TPSA) is 88.3 Å². The molecule has 4 rings (SSSR count). The Hall–Kier alpha value is -3.48. The number of pyridine rings is 1. The van der Waals surface area contributed by atoms with Crippen molar-refractivity contribution in [1.29, 1.82) is 0 Å². The van der Waals surface area contributed by atoms with Gasteiger partial charge in [-0.1, -0.05) is 18.2 Å². The number of aryl methyl sites for hydroxylation is 1. The van der Waals surface area contributed by atoms with Crippen LogP contribution in [0.15, 0.2) is 67.4 Å². The van der Waals surface area contributed by atoms with Crippen LogP contribution >= 0.6 is 0 Å². The number of Topliss-reactive ketones (excluding diaryl/α,β-unsaturated/α-hetero) is 1. The highest BCUT2D eigenvalue weighted by atomic mass is 16.3. The number of hydrogen-bond donors (Lipinski definition) is 1. The molecular formula is C21H20N4O3. The number of ketones is 1. The SMILES string of the molecule is O=C1C(=O)N(CCCn2ccnc2)C(c2ccccn2)C1c1ccc(O)cc1. The van der Waals surface area contributed by atoms with Crippen LogP contribution in [0.3, 0.4) is 0 Å². The Morgan fingerprint density at radius 2 is 1.82 bits per heavy atom. The summed E-state index contributed by atoms with van der Waals surface area (Å²) in [4.78, 5) is 35.8. The first-order valence-electron chi connectivity index (χ1n) is 9.15. The van der Waals surface area contributed by atoms with E-state index in [0.29, 0.717) is 30.8 Å². The monoisotopic (exact) mass is 376 g/mol. The fourth-order valence-corrected chi connectivity index (χ4v) is 3.70. The molecule has 7 heteroatoms. The normalized spacial score (nSPS) is 19.4. The van der Waals surface area contributed by atoms with Gasteiger partial charge in [0.1, 0.15) is 5.75 Å². The van der Waals surface area contributed by atoms with E-state index < -0.39 is 23.7 Å². The van der Waals surface area contributed by atoms with Crippen LogP contribution in [0.1, 0.15) is 29.6 Å². The van der Waals surface area contributed by atoms with Crippen molar-refractivity contribution in [3.05, 3.63) is 78.6 Å². The molecule has 0 saturated carbocycles. The van der Waals surface area contributed by atoms with Crippen molar-refractivity contribution in [1.82, 2.24) is 19.4 Å². The molecule has 1 aliphatic rings. The molecule has 1 aromatic carbocycles. The van der Waals surface area contributed by atoms with Crippen LogP contribution in [-0.2, 0) is 16.1 Å². The summed E-state index contributed by atoms with van der Waals surface area (Å²) in [5, 5.41) is 9.58. The van der Waals surface area contributed by atoms with Crippen molar-refractivity contribution in [3.63, 3.8) is 0 Å². The Morgan fingerprint density at radius 1 is 1.00 bits per heavy atom. The molecule has 1 saturated heterocycles. The van der Waals surface area contributed by atoms with Gasteiger partial charge < -0.3 is 14.6 Å². The lowest BCUT2D eigenvalue weighted by molar-refractivity contribution is -0.140. The predicted molar refractivity (Wildman–Crippen MR) is 101 cm³/mol. The molecule has 3 aromatic rings. The molecule has 0 aliphatic carbocycles. The van der Waals surface area contributed by atoms with Gasteiger partial charge in [0.15, 0.2) is 0 Å². The van der Waals surface area contributed by atoms with Gasteiger partial charge in [-0.15, -0.1) is 0 Å². The highest BCUT2D eigenvalue weighted by Crippen LogP contribution is 2.42. The number of benzene rings is 1. The molecule has 2 aromatic heterocycles. The first-order chi connectivity index (χ1) is 13.6. The summed E-state index contributed by atoms with van der Waals surface area (Å²) >= 11 is 0. The summed E-state index contributed by atoms with van der Waals surface area (Å²) in [5.41, 5.74) is 1.38. The molecule has 2 atom stereocenters. The highest BCUT2D eigenvalue weighted by Gasteiger charge is 2.48. The zero-order chi connectivity index (χ0) is 19.5. The maximum absolute atomic E-state index is 12.9. The summed E-state index contributed by atoms with van der Waals surface area (Å²) in [6.07, 6.45) is 7.67. The highest BCUT2D eigenvalue weighted by molar-refractivity contribution is 6.40. The molecule has 0 spiro atoms. The van der Waals surface area contributed by atoms with Crippen molar-refractivity contribution in [2.24, 2.45) is 0 Å². The average Bonchev–Trinajstić information content (AvgIpc) is 3.32. The second kappa shape index (κ2) is 7.64. The molecule has 7 nitrogen and oxygen atoms in total. The lowest BCUT2D eigenvalue weighted by Crippen LogP contribution is -2.31. The molecule has 1 N–H and O–H groups in total. The molecule has 0 bridgehead atoms. The van der Waals surface area contributed by atoms with E-state index in [4.69, 9.17) is 0 Å². The number of aromatic hydroxyl groups is 1. The van der Waals surface area contributed by atoms with Gasteiger partial charge in [-0.25, -0.2) is 4.98 Å². The smallest absolute Gasteiger partial charge is 0.291 e. The Morgan fingerprint density at radius 3 is 2.50 bits per heavy atom. The number of carbonyl (C=O) groups is 2. The molecule has 3 heterocycles. The summed E-state index contributed by atoms with van der Waals surface area (Å²) < 4.78 is 1.94. The van der Waals surface area contributed by atoms with Gasteiger partial charge in [0, 0.05) is 31.7 Å². The summed E-state index contributed by atoms with van der Waals surface area (Å²) in [5.74, 6) is -1.45. The van der Waals surface area contributed by atoms with Crippen molar-refractivity contribution in [2.45, 2.75) is 24.9 Å². The number of hydrogen-bond acceptors (Lipinski definition) is 5. The van der Waals surface area contributed by atoms with Gasteiger partial charge in [-0.3, -0.25) is 14.6 Å². The van der Waals surface area contributed by atoms with Gasteiger partial charge in [0.2, 0.25) is 5.78 Å². The van der Waals surface area contributed by atoms with E-state index in [-0.39, 0.29) is 5.75 Å². The summed E-state index contributed by atoms with van der Waals surface area (Å²) in [7, 11) is 0. The molecule has 28 heavy (non-hydrogen) atoms. The third kappa shape index (κ3) is 3.38. The molecular weight excluding hydrogens is 356 g/mol. The standard InChI is InChI=1S/C21H20N4O3/c26-16-7-5-15(6-8-16)18-19(17-4-1-2-9-23-17)25(21(28)20(18)27)12-3-11-24-13-10-22-14-24/h1-2,4-10,13-14,18-19,26H,3,11-12H2. The van der Waals surface area contributed by atoms with Crippen molar-refractivity contribution < 1.29 is 14.7 Å². The van der Waals surface area contributed by atoms with Crippen molar-refractivity contribution >= 4 is 11.7 Å². The number of rotatable bonds is 6. The number of phenols is 1. The molecule has 1 aliphatic heterocycles. The van der Waals surface area contributed by atoms with Crippen LogP contribution < -0.4 is 0 Å². The number of likely N-dealkylation sites (tertiary alicyclic amines) is 1. The molecule has 1 amide bonds.